The van der Waals surface area contributed by atoms with E-state index in [1.807, 2.05) is 30.3 Å². The number of rotatable bonds is 9. The number of ether oxygens (including phenoxy) is 2. The lowest BCUT2D eigenvalue weighted by atomic mass is 10.2. The normalized spacial score (nSPS) is 14.6. The van der Waals surface area contributed by atoms with Crippen molar-refractivity contribution in [2.24, 2.45) is 4.99 Å². The topological polar surface area (TPSA) is 58.1 Å². The monoisotopic (exact) mass is 524 g/mol. The van der Waals surface area contributed by atoms with Crippen molar-refractivity contribution in [2.75, 3.05) is 45.9 Å². The minimum atomic E-state index is 0. The van der Waals surface area contributed by atoms with Gasteiger partial charge in [-0.15, -0.1) is 24.0 Å². The molecule has 2 aromatic carbocycles. The number of morpholine rings is 1. The molecule has 0 atom stereocenters. The third-order valence-electron chi connectivity index (χ3n) is 4.76. The van der Waals surface area contributed by atoms with Crippen molar-refractivity contribution in [1.29, 1.82) is 0 Å². The molecular weight excluding hydrogens is 491 g/mol. The predicted octanol–water partition coefficient (Wildman–Crippen LogP) is 3.27. The largest absolute Gasteiger partial charge is 0.489 e. The SMILES string of the molecule is CCNC(=NCc1ccc(OCc2ccccc2)cc1)NCCN1CCOCC1.I. The molecule has 3 rings (SSSR count). The number of guanidine groups is 1. The van der Waals surface area contributed by atoms with Gasteiger partial charge in [-0.25, -0.2) is 4.99 Å². The second kappa shape index (κ2) is 14.2. The molecule has 164 valence electrons. The summed E-state index contributed by atoms with van der Waals surface area (Å²) in [7, 11) is 0. The van der Waals surface area contributed by atoms with Gasteiger partial charge in [-0.3, -0.25) is 4.90 Å². The summed E-state index contributed by atoms with van der Waals surface area (Å²) in [5.74, 6) is 1.72. The van der Waals surface area contributed by atoms with Crippen LogP contribution in [0.3, 0.4) is 0 Å². The van der Waals surface area contributed by atoms with Crippen molar-refractivity contribution in [3.8, 4) is 5.75 Å². The fourth-order valence-electron chi connectivity index (χ4n) is 3.10. The zero-order valence-electron chi connectivity index (χ0n) is 17.7. The van der Waals surface area contributed by atoms with E-state index in [1.54, 1.807) is 0 Å². The Morgan fingerprint density at radius 3 is 2.43 bits per heavy atom. The van der Waals surface area contributed by atoms with E-state index < -0.39 is 0 Å². The van der Waals surface area contributed by atoms with Gasteiger partial charge in [0.15, 0.2) is 5.96 Å². The highest BCUT2D eigenvalue weighted by Gasteiger charge is 2.09. The molecule has 0 amide bonds. The fraction of sp³-hybridized carbons (Fsp3) is 0.435. The van der Waals surface area contributed by atoms with Crippen molar-refractivity contribution in [3.05, 3.63) is 65.7 Å². The number of benzene rings is 2. The Balaban J connectivity index is 0.00000320. The molecule has 1 aliphatic rings. The summed E-state index contributed by atoms with van der Waals surface area (Å²) in [4.78, 5) is 7.11. The van der Waals surface area contributed by atoms with Gasteiger partial charge in [0.25, 0.3) is 0 Å². The van der Waals surface area contributed by atoms with Gasteiger partial charge >= 0.3 is 0 Å². The van der Waals surface area contributed by atoms with Crippen molar-refractivity contribution >= 4 is 29.9 Å². The second-order valence-corrected chi connectivity index (χ2v) is 6.99. The average molecular weight is 524 g/mol. The van der Waals surface area contributed by atoms with E-state index in [4.69, 9.17) is 14.5 Å². The number of halogens is 1. The molecule has 0 radical (unpaired) electrons. The lowest BCUT2D eigenvalue weighted by Gasteiger charge is -2.26. The fourth-order valence-corrected chi connectivity index (χ4v) is 3.10. The van der Waals surface area contributed by atoms with Crippen LogP contribution >= 0.6 is 24.0 Å². The van der Waals surface area contributed by atoms with Crippen LogP contribution in [0.4, 0.5) is 0 Å². The highest BCUT2D eigenvalue weighted by atomic mass is 127. The molecule has 2 N–H and O–H groups in total. The summed E-state index contributed by atoms with van der Waals surface area (Å²) in [6, 6.07) is 18.3. The Bertz CT molecular complexity index is 735. The van der Waals surface area contributed by atoms with E-state index in [0.717, 1.165) is 63.2 Å². The van der Waals surface area contributed by atoms with Crippen LogP contribution in [-0.4, -0.2) is 56.8 Å². The van der Waals surface area contributed by atoms with Gasteiger partial charge < -0.3 is 20.1 Å². The van der Waals surface area contributed by atoms with Crippen molar-refractivity contribution in [3.63, 3.8) is 0 Å². The van der Waals surface area contributed by atoms with Crippen molar-refractivity contribution in [2.45, 2.75) is 20.1 Å². The summed E-state index contributed by atoms with van der Waals surface area (Å²) in [5.41, 5.74) is 2.32. The van der Waals surface area contributed by atoms with Gasteiger partial charge in [-0.05, 0) is 30.2 Å². The Kier molecular flexibility index (Phi) is 11.6. The maximum absolute atomic E-state index is 5.85. The maximum atomic E-state index is 5.85. The minimum Gasteiger partial charge on any atom is -0.489 e. The van der Waals surface area contributed by atoms with Gasteiger partial charge in [0.05, 0.1) is 19.8 Å². The van der Waals surface area contributed by atoms with Crippen molar-refractivity contribution in [1.82, 2.24) is 15.5 Å². The lowest BCUT2D eigenvalue weighted by molar-refractivity contribution is 0.0389. The van der Waals surface area contributed by atoms with Crippen LogP contribution in [0.15, 0.2) is 59.6 Å². The van der Waals surface area contributed by atoms with E-state index in [1.165, 1.54) is 5.56 Å². The summed E-state index contributed by atoms with van der Waals surface area (Å²) >= 11 is 0. The number of nitrogens with zero attached hydrogens (tertiary/aromatic N) is 2. The molecule has 0 aromatic heterocycles. The summed E-state index contributed by atoms with van der Waals surface area (Å²) in [6.07, 6.45) is 0. The second-order valence-electron chi connectivity index (χ2n) is 6.99. The summed E-state index contributed by atoms with van der Waals surface area (Å²) in [6.45, 7) is 9.69. The molecule has 7 heteroatoms. The number of hydrogen-bond acceptors (Lipinski definition) is 4. The van der Waals surface area contributed by atoms with Gasteiger partial charge in [0, 0.05) is 32.7 Å². The molecule has 0 spiro atoms. The minimum absolute atomic E-state index is 0. The number of nitrogens with one attached hydrogen (secondary N) is 2. The smallest absolute Gasteiger partial charge is 0.191 e. The van der Waals surface area contributed by atoms with Crippen LogP contribution in [-0.2, 0) is 17.9 Å². The number of hydrogen-bond donors (Lipinski definition) is 2. The van der Waals surface area contributed by atoms with Gasteiger partial charge in [-0.1, -0.05) is 42.5 Å². The molecule has 1 saturated heterocycles. The Morgan fingerprint density at radius 2 is 1.73 bits per heavy atom. The van der Waals surface area contributed by atoms with E-state index in [0.29, 0.717) is 13.2 Å². The molecule has 0 bridgehead atoms. The molecule has 30 heavy (non-hydrogen) atoms. The summed E-state index contributed by atoms with van der Waals surface area (Å²) in [5, 5.41) is 6.73. The molecule has 1 heterocycles. The van der Waals surface area contributed by atoms with Gasteiger partial charge in [0.1, 0.15) is 12.4 Å². The molecule has 1 aliphatic heterocycles. The molecule has 2 aromatic rings. The first-order valence-electron chi connectivity index (χ1n) is 10.4. The zero-order valence-corrected chi connectivity index (χ0v) is 20.0. The van der Waals surface area contributed by atoms with Crippen LogP contribution < -0.4 is 15.4 Å². The molecule has 6 nitrogen and oxygen atoms in total. The van der Waals surface area contributed by atoms with Crippen LogP contribution in [0.1, 0.15) is 18.1 Å². The molecule has 0 saturated carbocycles. The highest BCUT2D eigenvalue weighted by molar-refractivity contribution is 14.0. The van der Waals surface area contributed by atoms with E-state index in [9.17, 15) is 0 Å². The van der Waals surface area contributed by atoms with E-state index in [2.05, 4.69) is 46.7 Å². The Hall–Kier alpha value is -1.84. The van der Waals surface area contributed by atoms with E-state index in [-0.39, 0.29) is 24.0 Å². The lowest BCUT2D eigenvalue weighted by Crippen LogP contribution is -2.44. The maximum Gasteiger partial charge on any atom is 0.191 e. The quantitative estimate of drug-likeness (QED) is 0.300. The van der Waals surface area contributed by atoms with Crippen LogP contribution in [0, 0.1) is 0 Å². The first kappa shape index (κ1) is 24.4. The third kappa shape index (κ3) is 8.89. The standard InChI is InChI=1S/C23H32N4O2.HI/c1-2-24-23(25-12-13-27-14-16-28-17-15-27)26-18-20-8-10-22(11-9-20)29-19-21-6-4-3-5-7-21;/h3-11H,2,12-19H2,1H3,(H2,24,25,26);1H. The van der Waals surface area contributed by atoms with Gasteiger partial charge in [-0.2, -0.15) is 0 Å². The van der Waals surface area contributed by atoms with E-state index >= 15 is 0 Å². The first-order chi connectivity index (χ1) is 14.3. The average Bonchev–Trinajstić information content (AvgIpc) is 2.78. The molecule has 0 unspecified atom stereocenters. The highest BCUT2D eigenvalue weighted by Crippen LogP contribution is 2.14. The van der Waals surface area contributed by atoms with Crippen LogP contribution in [0.5, 0.6) is 5.75 Å². The van der Waals surface area contributed by atoms with Gasteiger partial charge in [0.2, 0.25) is 0 Å². The Labute approximate surface area is 197 Å². The molecular formula is C23H33IN4O2. The van der Waals surface area contributed by atoms with Crippen molar-refractivity contribution < 1.29 is 9.47 Å². The Morgan fingerprint density at radius 1 is 1.00 bits per heavy atom. The van der Waals surface area contributed by atoms with Crippen LogP contribution in [0.25, 0.3) is 0 Å². The third-order valence-corrected chi connectivity index (χ3v) is 4.76. The summed E-state index contributed by atoms with van der Waals surface area (Å²) < 4.78 is 11.2. The first-order valence-corrected chi connectivity index (χ1v) is 10.4. The van der Waals surface area contributed by atoms with Crippen LogP contribution in [0.2, 0.25) is 0 Å². The zero-order chi connectivity index (χ0) is 20.2. The number of aliphatic imine (C=N–C) groups is 1. The molecule has 1 fully saturated rings. The molecule has 0 aliphatic carbocycles. The predicted molar refractivity (Wildman–Crippen MR) is 133 cm³/mol.